The van der Waals surface area contributed by atoms with Crippen LogP contribution in [0.25, 0.3) is 0 Å². The monoisotopic (exact) mass is 326 g/mol. The molecule has 2 aromatic carbocycles. The van der Waals surface area contributed by atoms with E-state index in [9.17, 15) is 4.79 Å². The summed E-state index contributed by atoms with van der Waals surface area (Å²) in [6.07, 6.45) is 1.01. The fourth-order valence-corrected chi connectivity index (χ4v) is 2.09. The van der Waals surface area contributed by atoms with E-state index in [-0.39, 0.29) is 11.8 Å². The Bertz CT molecular complexity index is 634. The SMILES string of the molecule is CCCOc1ccc(CNc2ccc(NC(=O)C(C)C)cc2)cc1. The van der Waals surface area contributed by atoms with Crippen LogP contribution in [-0.2, 0) is 11.3 Å². The lowest BCUT2D eigenvalue weighted by molar-refractivity contribution is -0.118. The number of carbonyl (C=O) groups excluding carboxylic acids is 1. The zero-order valence-electron chi connectivity index (χ0n) is 14.6. The minimum Gasteiger partial charge on any atom is -0.494 e. The molecule has 4 nitrogen and oxygen atoms in total. The zero-order valence-corrected chi connectivity index (χ0v) is 14.6. The summed E-state index contributed by atoms with van der Waals surface area (Å²) in [7, 11) is 0. The summed E-state index contributed by atoms with van der Waals surface area (Å²) in [6.45, 7) is 7.34. The first-order valence-corrected chi connectivity index (χ1v) is 8.45. The van der Waals surface area contributed by atoms with E-state index in [4.69, 9.17) is 4.74 Å². The molecule has 0 unspecified atom stereocenters. The van der Waals surface area contributed by atoms with Gasteiger partial charge in [-0.1, -0.05) is 32.9 Å². The number of benzene rings is 2. The lowest BCUT2D eigenvalue weighted by Crippen LogP contribution is -2.17. The molecule has 4 heteroatoms. The topological polar surface area (TPSA) is 50.4 Å². The van der Waals surface area contributed by atoms with Crippen LogP contribution in [0, 0.1) is 5.92 Å². The van der Waals surface area contributed by atoms with Crippen molar-refractivity contribution in [2.45, 2.75) is 33.7 Å². The van der Waals surface area contributed by atoms with Gasteiger partial charge in [-0.05, 0) is 48.4 Å². The maximum atomic E-state index is 11.7. The van der Waals surface area contributed by atoms with Crippen molar-refractivity contribution >= 4 is 17.3 Å². The van der Waals surface area contributed by atoms with Gasteiger partial charge in [-0.3, -0.25) is 4.79 Å². The van der Waals surface area contributed by atoms with Gasteiger partial charge in [-0.2, -0.15) is 0 Å². The first kappa shape index (κ1) is 17.9. The van der Waals surface area contributed by atoms with Crippen molar-refractivity contribution in [3.05, 3.63) is 54.1 Å². The quantitative estimate of drug-likeness (QED) is 0.740. The Morgan fingerprint density at radius 1 is 1.00 bits per heavy atom. The summed E-state index contributed by atoms with van der Waals surface area (Å²) in [5, 5.41) is 6.26. The number of hydrogen-bond acceptors (Lipinski definition) is 3. The first-order valence-electron chi connectivity index (χ1n) is 8.45. The highest BCUT2D eigenvalue weighted by Crippen LogP contribution is 2.17. The molecule has 0 aliphatic heterocycles. The molecule has 0 atom stereocenters. The highest BCUT2D eigenvalue weighted by Gasteiger charge is 2.06. The van der Waals surface area contributed by atoms with Crippen LogP contribution in [0.5, 0.6) is 5.75 Å². The fraction of sp³-hybridized carbons (Fsp3) is 0.350. The van der Waals surface area contributed by atoms with Gasteiger partial charge in [-0.15, -0.1) is 0 Å². The average Bonchev–Trinajstić information content (AvgIpc) is 2.60. The summed E-state index contributed by atoms with van der Waals surface area (Å²) in [5.74, 6) is 0.916. The van der Waals surface area contributed by atoms with Crippen LogP contribution < -0.4 is 15.4 Å². The number of hydrogen-bond donors (Lipinski definition) is 2. The van der Waals surface area contributed by atoms with Gasteiger partial charge in [0.15, 0.2) is 0 Å². The Hall–Kier alpha value is -2.49. The van der Waals surface area contributed by atoms with Crippen molar-refractivity contribution in [3.8, 4) is 5.75 Å². The van der Waals surface area contributed by atoms with Gasteiger partial charge in [0.2, 0.25) is 5.91 Å². The second-order valence-corrected chi connectivity index (χ2v) is 6.07. The molecule has 2 N–H and O–H groups in total. The van der Waals surface area contributed by atoms with Crippen molar-refractivity contribution in [1.82, 2.24) is 0 Å². The summed E-state index contributed by atoms with van der Waals surface area (Å²) in [6, 6.07) is 15.9. The molecule has 0 heterocycles. The van der Waals surface area contributed by atoms with E-state index in [1.807, 2.05) is 50.2 Å². The van der Waals surface area contributed by atoms with E-state index < -0.39 is 0 Å². The van der Waals surface area contributed by atoms with Gasteiger partial charge in [0.25, 0.3) is 0 Å². The number of amides is 1. The maximum absolute atomic E-state index is 11.7. The number of anilines is 2. The lowest BCUT2D eigenvalue weighted by Gasteiger charge is -2.10. The van der Waals surface area contributed by atoms with Gasteiger partial charge < -0.3 is 15.4 Å². The van der Waals surface area contributed by atoms with Crippen molar-refractivity contribution in [2.24, 2.45) is 5.92 Å². The van der Waals surface area contributed by atoms with E-state index >= 15 is 0 Å². The number of carbonyl (C=O) groups is 1. The van der Waals surface area contributed by atoms with Gasteiger partial charge >= 0.3 is 0 Å². The molecular formula is C20H26N2O2. The van der Waals surface area contributed by atoms with Crippen LogP contribution in [0.1, 0.15) is 32.8 Å². The Kier molecular flexibility index (Phi) is 6.67. The first-order chi connectivity index (χ1) is 11.6. The molecule has 24 heavy (non-hydrogen) atoms. The summed E-state index contributed by atoms with van der Waals surface area (Å²) in [4.78, 5) is 11.7. The van der Waals surface area contributed by atoms with Crippen LogP contribution >= 0.6 is 0 Å². The molecule has 0 aliphatic rings. The van der Waals surface area contributed by atoms with Crippen LogP contribution in [0.2, 0.25) is 0 Å². The molecule has 0 aromatic heterocycles. The number of nitrogens with one attached hydrogen (secondary N) is 2. The second-order valence-electron chi connectivity index (χ2n) is 6.07. The normalized spacial score (nSPS) is 10.5. The van der Waals surface area contributed by atoms with E-state index in [1.54, 1.807) is 0 Å². The Morgan fingerprint density at radius 2 is 1.62 bits per heavy atom. The Balaban J connectivity index is 1.84. The van der Waals surface area contributed by atoms with Gasteiger partial charge in [0.05, 0.1) is 6.61 Å². The van der Waals surface area contributed by atoms with E-state index in [0.717, 1.165) is 36.7 Å². The van der Waals surface area contributed by atoms with Crippen LogP contribution in [0.4, 0.5) is 11.4 Å². The third kappa shape index (κ3) is 5.61. The lowest BCUT2D eigenvalue weighted by atomic mass is 10.2. The average molecular weight is 326 g/mol. The molecule has 128 valence electrons. The van der Waals surface area contributed by atoms with E-state index in [2.05, 4.69) is 29.7 Å². The molecule has 0 aliphatic carbocycles. The van der Waals surface area contributed by atoms with Crippen molar-refractivity contribution < 1.29 is 9.53 Å². The summed E-state index contributed by atoms with van der Waals surface area (Å²) in [5.41, 5.74) is 3.02. The van der Waals surface area contributed by atoms with Crippen molar-refractivity contribution in [1.29, 1.82) is 0 Å². The highest BCUT2D eigenvalue weighted by atomic mass is 16.5. The third-order valence-corrected chi connectivity index (χ3v) is 3.57. The van der Waals surface area contributed by atoms with Crippen LogP contribution in [0.15, 0.2) is 48.5 Å². The van der Waals surface area contributed by atoms with Gasteiger partial charge in [0.1, 0.15) is 5.75 Å². The maximum Gasteiger partial charge on any atom is 0.226 e. The largest absolute Gasteiger partial charge is 0.494 e. The van der Waals surface area contributed by atoms with Gasteiger partial charge in [-0.25, -0.2) is 0 Å². The Labute approximate surface area is 144 Å². The van der Waals surface area contributed by atoms with Crippen molar-refractivity contribution in [2.75, 3.05) is 17.2 Å². The van der Waals surface area contributed by atoms with E-state index in [0.29, 0.717) is 0 Å². The Morgan fingerprint density at radius 3 is 2.21 bits per heavy atom. The zero-order chi connectivity index (χ0) is 17.4. The molecule has 0 fully saturated rings. The smallest absolute Gasteiger partial charge is 0.226 e. The highest BCUT2D eigenvalue weighted by molar-refractivity contribution is 5.92. The minimum absolute atomic E-state index is 0.0212. The van der Waals surface area contributed by atoms with Crippen LogP contribution in [0.3, 0.4) is 0 Å². The standard InChI is InChI=1S/C20H26N2O2/c1-4-13-24-19-11-5-16(6-12-19)14-21-17-7-9-18(10-8-17)22-20(23)15(2)3/h5-12,15,21H,4,13-14H2,1-3H3,(H,22,23). The van der Waals surface area contributed by atoms with Crippen molar-refractivity contribution in [3.63, 3.8) is 0 Å². The molecule has 1 amide bonds. The summed E-state index contributed by atoms with van der Waals surface area (Å²) >= 11 is 0. The van der Waals surface area contributed by atoms with Gasteiger partial charge in [0, 0.05) is 23.8 Å². The summed E-state index contributed by atoms with van der Waals surface area (Å²) < 4.78 is 5.58. The fourth-order valence-electron chi connectivity index (χ4n) is 2.09. The molecule has 0 radical (unpaired) electrons. The molecule has 2 aromatic rings. The van der Waals surface area contributed by atoms with E-state index in [1.165, 1.54) is 5.56 Å². The molecule has 0 saturated carbocycles. The second kappa shape index (κ2) is 8.96. The number of rotatable bonds is 8. The minimum atomic E-state index is -0.0212. The third-order valence-electron chi connectivity index (χ3n) is 3.57. The predicted octanol–water partition coefficient (Wildman–Crippen LogP) is 4.68. The molecular weight excluding hydrogens is 300 g/mol. The predicted molar refractivity (Wildman–Crippen MR) is 99.5 cm³/mol. The molecule has 2 rings (SSSR count). The molecule has 0 bridgehead atoms. The molecule has 0 saturated heterocycles. The van der Waals surface area contributed by atoms with Crippen LogP contribution in [-0.4, -0.2) is 12.5 Å². The molecule has 0 spiro atoms. The number of ether oxygens (including phenoxy) is 1.